The highest BCUT2D eigenvalue weighted by atomic mass is 32.1. The van der Waals surface area contributed by atoms with E-state index in [9.17, 15) is 9.59 Å². The van der Waals surface area contributed by atoms with Crippen LogP contribution in [-0.4, -0.2) is 40.3 Å². The number of nitrogens with zero attached hydrogens (tertiary/aromatic N) is 2. The smallest absolute Gasteiger partial charge is 0.245 e. The fourth-order valence-corrected chi connectivity index (χ4v) is 3.17. The molecule has 2 amide bonds. The molecular weight excluding hydrogens is 274 g/mol. The topological polar surface area (TPSA) is 62.3 Å². The maximum Gasteiger partial charge on any atom is 0.245 e. The van der Waals surface area contributed by atoms with E-state index in [0.29, 0.717) is 25.8 Å². The Morgan fingerprint density at radius 1 is 1.40 bits per heavy atom. The summed E-state index contributed by atoms with van der Waals surface area (Å²) in [5, 5.41) is 4.83. The van der Waals surface area contributed by atoms with E-state index < -0.39 is 0 Å². The number of carbonyl (C=O) groups excluding carboxylic acids is 2. The van der Waals surface area contributed by atoms with Gasteiger partial charge in [0.15, 0.2) is 0 Å². The standard InChI is InChI=1S/C14H21N3O2S/c1-3-5-11-14(19)17(12(4-2)13(18)16-11)7-6-10-8-20-9-15-10/h8-9,11-12H,3-7H2,1-2H3,(H,16,18). The molecule has 1 aliphatic rings. The fourth-order valence-electron chi connectivity index (χ4n) is 2.58. The summed E-state index contributed by atoms with van der Waals surface area (Å²) in [6.45, 7) is 4.52. The fraction of sp³-hybridized carbons (Fsp3) is 0.643. The van der Waals surface area contributed by atoms with Crippen LogP contribution in [-0.2, 0) is 16.0 Å². The van der Waals surface area contributed by atoms with Crippen LogP contribution < -0.4 is 5.32 Å². The van der Waals surface area contributed by atoms with Crippen molar-refractivity contribution in [1.82, 2.24) is 15.2 Å². The first kappa shape index (κ1) is 15.0. The average molecular weight is 295 g/mol. The van der Waals surface area contributed by atoms with Crippen LogP contribution in [0, 0.1) is 0 Å². The van der Waals surface area contributed by atoms with Gasteiger partial charge < -0.3 is 10.2 Å². The van der Waals surface area contributed by atoms with E-state index in [-0.39, 0.29) is 23.9 Å². The number of piperazine rings is 1. The van der Waals surface area contributed by atoms with Crippen LogP contribution in [0.1, 0.15) is 38.8 Å². The van der Waals surface area contributed by atoms with Crippen molar-refractivity contribution in [2.24, 2.45) is 0 Å². The van der Waals surface area contributed by atoms with Gasteiger partial charge in [-0.25, -0.2) is 4.98 Å². The van der Waals surface area contributed by atoms with E-state index in [4.69, 9.17) is 0 Å². The van der Waals surface area contributed by atoms with E-state index >= 15 is 0 Å². The minimum absolute atomic E-state index is 0.0242. The molecule has 1 fully saturated rings. The lowest BCUT2D eigenvalue weighted by Gasteiger charge is -2.38. The van der Waals surface area contributed by atoms with Gasteiger partial charge in [-0.3, -0.25) is 9.59 Å². The molecule has 0 saturated carbocycles. The number of thiazole rings is 1. The van der Waals surface area contributed by atoms with E-state index in [1.165, 1.54) is 0 Å². The Labute approximate surface area is 123 Å². The van der Waals surface area contributed by atoms with Crippen molar-refractivity contribution >= 4 is 23.2 Å². The van der Waals surface area contributed by atoms with Gasteiger partial charge in [0.05, 0.1) is 11.2 Å². The highest BCUT2D eigenvalue weighted by molar-refractivity contribution is 7.07. The molecule has 0 bridgehead atoms. The second-order valence-electron chi connectivity index (χ2n) is 5.04. The molecule has 1 aromatic rings. The number of aromatic nitrogens is 1. The van der Waals surface area contributed by atoms with Crippen LogP contribution in [0.3, 0.4) is 0 Å². The first-order chi connectivity index (χ1) is 9.67. The first-order valence-electron chi connectivity index (χ1n) is 7.15. The highest BCUT2D eigenvalue weighted by Crippen LogP contribution is 2.16. The largest absolute Gasteiger partial charge is 0.343 e. The molecule has 2 heterocycles. The van der Waals surface area contributed by atoms with Crippen molar-refractivity contribution in [3.8, 4) is 0 Å². The molecule has 2 rings (SSSR count). The van der Waals surface area contributed by atoms with Crippen LogP contribution in [0.15, 0.2) is 10.9 Å². The summed E-state index contributed by atoms with van der Waals surface area (Å²) in [6, 6.07) is -0.694. The van der Waals surface area contributed by atoms with Gasteiger partial charge in [-0.05, 0) is 12.8 Å². The third-order valence-corrected chi connectivity index (χ3v) is 4.27. The van der Waals surface area contributed by atoms with Crippen molar-refractivity contribution in [3.63, 3.8) is 0 Å². The summed E-state index contributed by atoms with van der Waals surface area (Å²) >= 11 is 1.55. The number of nitrogens with one attached hydrogen (secondary N) is 1. The third-order valence-electron chi connectivity index (χ3n) is 3.63. The van der Waals surface area contributed by atoms with E-state index in [2.05, 4.69) is 10.3 Å². The van der Waals surface area contributed by atoms with Crippen molar-refractivity contribution in [1.29, 1.82) is 0 Å². The lowest BCUT2D eigenvalue weighted by atomic mass is 10.0. The normalized spacial score (nSPS) is 23.0. The van der Waals surface area contributed by atoms with Gasteiger partial charge in [0.2, 0.25) is 11.8 Å². The highest BCUT2D eigenvalue weighted by Gasteiger charge is 2.38. The predicted octanol–water partition coefficient (Wildman–Crippen LogP) is 1.59. The lowest BCUT2D eigenvalue weighted by Crippen LogP contribution is -2.63. The van der Waals surface area contributed by atoms with Crippen LogP contribution in [0.5, 0.6) is 0 Å². The molecule has 0 aliphatic carbocycles. The maximum atomic E-state index is 12.5. The minimum Gasteiger partial charge on any atom is -0.343 e. The summed E-state index contributed by atoms with van der Waals surface area (Å²) in [4.78, 5) is 30.6. The van der Waals surface area contributed by atoms with Gasteiger partial charge in [-0.15, -0.1) is 11.3 Å². The predicted molar refractivity (Wildman–Crippen MR) is 78.4 cm³/mol. The molecule has 1 aromatic heterocycles. The zero-order valence-electron chi connectivity index (χ0n) is 12.0. The maximum absolute atomic E-state index is 12.5. The quantitative estimate of drug-likeness (QED) is 0.867. The van der Waals surface area contributed by atoms with Crippen LogP contribution >= 0.6 is 11.3 Å². The van der Waals surface area contributed by atoms with Crippen molar-refractivity contribution in [2.75, 3.05) is 6.54 Å². The minimum atomic E-state index is -0.356. The van der Waals surface area contributed by atoms with Crippen molar-refractivity contribution in [3.05, 3.63) is 16.6 Å². The number of amides is 2. The summed E-state index contributed by atoms with van der Waals surface area (Å²) in [7, 11) is 0. The lowest BCUT2D eigenvalue weighted by molar-refractivity contribution is -0.149. The Bertz CT molecular complexity index is 461. The van der Waals surface area contributed by atoms with Gasteiger partial charge in [-0.2, -0.15) is 0 Å². The molecule has 1 saturated heterocycles. The van der Waals surface area contributed by atoms with E-state index in [1.807, 2.05) is 19.2 Å². The van der Waals surface area contributed by atoms with Gasteiger partial charge in [0, 0.05) is 18.3 Å². The van der Waals surface area contributed by atoms with Crippen LogP contribution in [0.4, 0.5) is 0 Å². The van der Waals surface area contributed by atoms with Crippen molar-refractivity contribution < 1.29 is 9.59 Å². The second-order valence-corrected chi connectivity index (χ2v) is 5.75. The molecule has 110 valence electrons. The zero-order valence-corrected chi connectivity index (χ0v) is 12.8. The number of carbonyl (C=O) groups is 2. The molecule has 2 unspecified atom stereocenters. The Hall–Kier alpha value is -1.43. The van der Waals surface area contributed by atoms with E-state index in [1.54, 1.807) is 21.7 Å². The number of rotatable bonds is 6. The summed E-state index contributed by atoms with van der Waals surface area (Å²) < 4.78 is 0. The molecule has 0 spiro atoms. The van der Waals surface area contributed by atoms with Gasteiger partial charge >= 0.3 is 0 Å². The molecule has 1 N–H and O–H groups in total. The molecule has 1 aliphatic heterocycles. The Balaban J connectivity index is 2.07. The van der Waals surface area contributed by atoms with E-state index in [0.717, 1.165) is 12.1 Å². The van der Waals surface area contributed by atoms with Crippen molar-refractivity contribution in [2.45, 2.75) is 51.6 Å². The van der Waals surface area contributed by atoms with Gasteiger partial charge in [0.1, 0.15) is 12.1 Å². The molecule has 6 heteroatoms. The monoisotopic (exact) mass is 295 g/mol. The SMILES string of the molecule is CCCC1NC(=O)C(CC)N(CCc2cscn2)C1=O. The number of hydrogen-bond donors (Lipinski definition) is 1. The molecule has 2 atom stereocenters. The molecular formula is C14H21N3O2S. The van der Waals surface area contributed by atoms with Gasteiger partial charge in [0.25, 0.3) is 0 Å². The van der Waals surface area contributed by atoms with Crippen LogP contribution in [0.25, 0.3) is 0 Å². The molecule has 5 nitrogen and oxygen atoms in total. The molecule has 20 heavy (non-hydrogen) atoms. The summed E-state index contributed by atoms with van der Waals surface area (Å²) in [5.74, 6) is 0.0253. The second kappa shape index (κ2) is 6.83. The third kappa shape index (κ3) is 3.17. The molecule has 0 radical (unpaired) electrons. The summed E-state index contributed by atoms with van der Waals surface area (Å²) in [5.41, 5.74) is 2.77. The van der Waals surface area contributed by atoms with Gasteiger partial charge in [-0.1, -0.05) is 20.3 Å². The first-order valence-corrected chi connectivity index (χ1v) is 8.09. The summed E-state index contributed by atoms with van der Waals surface area (Å²) in [6.07, 6.45) is 2.94. The van der Waals surface area contributed by atoms with Crippen LogP contribution in [0.2, 0.25) is 0 Å². The Morgan fingerprint density at radius 3 is 2.80 bits per heavy atom. The Kier molecular flexibility index (Phi) is 5.11. The molecule has 0 aromatic carbocycles. The number of hydrogen-bond acceptors (Lipinski definition) is 4. The zero-order chi connectivity index (χ0) is 14.5. The Morgan fingerprint density at radius 2 is 2.20 bits per heavy atom. The average Bonchev–Trinajstić information content (AvgIpc) is 2.94.